The Morgan fingerprint density at radius 2 is 1.59 bits per heavy atom. The zero-order valence-corrected chi connectivity index (χ0v) is 16.9. The van der Waals surface area contributed by atoms with E-state index in [9.17, 15) is 9.59 Å². The molecule has 150 valence electrons. The molecular formula is C23H25N3O3. The molecule has 0 atom stereocenters. The van der Waals surface area contributed by atoms with Gasteiger partial charge >= 0.3 is 0 Å². The Morgan fingerprint density at radius 3 is 2.24 bits per heavy atom. The normalized spacial score (nSPS) is 10.4. The van der Waals surface area contributed by atoms with Crippen LogP contribution in [0.3, 0.4) is 0 Å². The number of ether oxygens (including phenoxy) is 1. The second-order valence-electron chi connectivity index (χ2n) is 6.76. The molecule has 0 aliphatic rings. The maximum Gasteiger partial charge on any atom is 0.270 e. The second kappa shape index (κ2) is 9.10. The highest BCUT2D eigenvalue weighted by atomic mass is 16.5. The third-order valence-corrected chi connectivity index (χ3v) is 4.64. The molecule has 1 heterocycles. The highest BCUT2D eigenvalue weighted by Crippen LogP contribution is 2.16. The lowest BCUT2D eigenvalue weighted by Gasteiger charge is -2.12. The predicted molar refractivity (Wildman–Crippen MR) is 114 cm³/mol. The predicted octanol–water partition coefficient (Wildman–Crippen LogP) is 4.07. The number of hydrogen-bond donors (Lipinski definition) is 2. The number of benzene rings is 2. The zero-order chi connectivity index (χ0) is 20.8. The van der Waals surface area contributed by atoms with Crippen molar-refractivity contribution < 1.29 is 14.3 Å². The molecule has 2 aromatic carbocycles. The highest BCUT2D eigenvalue weighted by molar-refractivity contribution is 6.00. The van der Waals surface area contributed by atoms with Gasteiger partial charge in [0.15, 0.2) is 6.61 Å². The van der Waals surface area contributed by atoms with Crippen molar-refractivity contribution >= 4 is 17.5 Å². The van der Waals surface area contributed by atoms with Gasteiger partial charge in [0, 0.05) is 22.6 Å². The molecular weight excluding hydrogens is 366 g/mol. The van der Waals surface area contributed by atoms with E-state index in [2.05, 4.69) is 10.7 Å². The molecule has 0 spiro atoms. The molecule has 2 N–H and O–H groups in total. The summed E-state index contributed by atoms with van der Waals surface area (Å²) in [7, 11) is 0. The number of carbonyl (C=O) groups excluding carboxylic acids is 2. The summed E-state index contributed by atoms with van der Waals surface area (Å²) >= 11 is 0. The number of amides is 2. The second-order valence-corrected chi connectivity index (χ2v) is 6.76. The summed E-state index contributed by atoms with van der Waals surface area (Å²) in [6.07, 6.45) is 0.836. The van der Waals surface area contributed by atoms with Crippen molar-refractivity contribution in [2.75, 3.05) is 17.3 Å². The highest BCUT2D eigenvalue weighted by Gasteiger charge is 2.10. The van der Waals surface area contributed by atoms with Crippen molar-refractivity contribution in [3.05, 3.63) is 83.2 Å². The smallest absolute Gasteiger partial charge is 0.270 e. The van der Waals surface area contributed by atoms with Gasteiger partial charge in [-0.2, -0.15) is 0 Å². The molecule has 0 saturated carbocycles. The summed E-state index contributed by atoms with van der Waals surface area (Å²) in [6.45, 7) is 5.78. The molecule has 0 aliphatic carbocycles. The van der Waals surface area contributed by atoms with Crippen LogP contribution in [0.15, 0.2) is 60.7 Å². The van der Waals surface area contributed by atoms with Gasteiger partial charge in [-0.15, -0.1) is 0 Å². The fourth-order valence-corrected chi connectivity index (χ4v) is 3.00. The lowest BCUT2D eigenvalue weighted by atomic mass is 10.1. The minimum absolute atomic E-state index is 0.106. The van der Waals surface area contributed by atoms with Crippen LogP contribution in [0, 0.1) is 13.8 Å². The van der Waals surface area contributed by atoms with Crippen LogP contribution in [0.5, 0.6) is 5.75 Å². The van der Waals surface area contributed by atoms with E-state index in [4.69, 9.17) is 4.74 Å². The van der Waals surface area contributed by atoms with E-state index in [0.717, 1.165) is 29.1 Å². The maximum absolute atomic E-state index is 12.4. The fourth-order valence-electron chi connectivity index (χ4n) is 3.00. The van der Waals surface area contributed by atoms with Crippen molar-refractivity contribution in [1.82, 2.24) is 4.68 Å². The minimum Gasteiger partial charge on any atom is -0.484 e. The molecule has 6 heteroatoms. The minimum atomic E-state index is -0.230. The van der Waals surface area contributed by atoms with Crippen LogP contribution in [-0.4, -0.2) is 23.1 Å². The van der Waals surface area contributed by atoms with E-state index < -0.39 is 0 Å². The van der Waals surface area contributed by atoms with E-state index >= 15 is 0 Å². The van der Waals surface area contributed by atoms with Crippen molar-refractivity contribution in [2.24, 2.45) is 0 Å². The topological polar surface area (TPSA) is 72.4 Å². The standard InChI is InChI=1S/C23H25N3O3/c1-4-18-7-5-6-8-21(18)24-22(27)15-29-20-13-11-19(12-14-20)23(28)25-26-16(2)9-10-17(26)3/h5-14H,4,15H2,1-3H3,(H,24,27)(H,25,28). The number of aromatic nitrogens is 1. The van der Waals surface area contributed by atoms with Crippen molar-refractivity contribution in [1.29, 1.82) is 0 Å². The quantitative estimate of drug-likeness (QED) is 0.638. The molecule has 3 rings (SSSR count). The van der Waals surface area contributed by atoms with Crippen LogP contribution < -0.4 is 15.5 Å². The lowest BCUT2D eigenvalue weighted by Crippen LogP contribution is -2.24. The molecule has 0 aliphatic heterocycles. The van der Waals surface area contributed by atoms with Gasteiger partial charge in [-0.25, -0.2) is 0 Å². The summed E-state index contributed by atoms with van der Waals surface area (Å²) in [5, 5.41) is 2.87. The fraction of sp³-hybridized carbons (Fsp3) is 0.217. The van der Waals surface area contributed by atoms with Crippen molar-refractivity contribution in [3.63, 3.8) is 0 Å². The number of anilines is 1. The zero-order valence-electron chi connectivity index (χ0n) is 16.9. The first-order chi connectivity index (χ1) is 14.0. The Hall–Kier alpha value is -3.54. The van der Waals surface area contributed by atoms with Gasteiger partial charge in [0.05, 0.1) is 0 Å². The summed E-state index contributed by atoms with van der Waals surface area (Å²) in [5.41, 5.74) is 7.13. The van der Waals surface area contributed by atoms with E-state index in [1.165, 1.54) is 0 Å². The van der Waals surface area contributed by atoms with Gasteiger partial charge < -0.3 is 10.1 Å². The van der Waals surface area contributed by atoms with Gasteiger partial charge in [0.25, 0.3) is 11.8 Å². The average molecular weight is 391 g/mol. The summed E-state index contributed by atoms with van der Waals surface area (Å²) in [6, 6.07) is 18.3. The molecule has 0 bridgehead atoms. The third-order valence-electron chi connectivity index (χ3n) is 4.64. The van der Waals surface area contributed by atoms with Gasteiger partial charge in [-0.3, -0.25) is 19.7 Å². The Balaban J connectivity index is 1.55. The number of hydrogen-bond acceptors (Lipinski definition) is 3. The van der Waals surface area contributed by atoms with Gasteiger partial charge in [0.1, 0.15) is 5.75 Å². The van der Waals surface area contributed by atoms with E-state index in [-0.39, 0.29) is 18.4 Å². The Kier molecular flexibility index (Phi) is 6.34. The maximum atomic E-state index is 12.4. The van der Waals surface area contributed by atoms with Crippen LogP contribution >= 0.6 is 0 Å². The van der Waals surface area contributed by atoms with Crippen LogP contribution in [0.25, 0.3) is 0 Å². The van der Waals surface area contributed by atoms with Gasteiger partial charge in [-0.1, -0.05) is 25.1 Å². The molecule has 2 amide bonds. The van der Waals surface area contributed by atoms with Crippen molar-refractivity contribution in [2.45, 2.75) is 27.2 Å². The SMILES string of the molecule is CCc1ccccc1NC(=O)COc1ccc(C(=O)Nn2c(C)ccc2C)cc1. The van der Waals surface area contributed by atoms with Crippen LogP contribution in [0.1, 0.15) is 34.2 Å². The number of nitrogens with zero attached hydrogens (tertiary/aromatic N) is 1. The molecule has 6 nitrogen and oxygen atoms in total. The molecule has 0 saturated heterocycles. The Morgan fingerprint density at radius 1 is 0.931 bits per heavy atom. The Labute approximate surface area is 170 Å². The number of para-hydroxylation sites is 1. The van der Waals surface area contributed by atoms with Crippen LogP contribution in [0.2, 0.25) is 0 Å². The average Bonchev–Trinajstić information content (AvgIpc) is 3.05. The number of aryl methyl sites for hydroxylation is 3. The van der Waals surface area contributed by atoms with E-state index in [0.29, 0.717) is 11.3 Å². The number of carbonyl (C=O) groups is 2. The molecule has 0 fully saturated rings. The first-order valence-corrected chi connectivity index (χ1v) is 9.55. The molecule has 29 heavy (non-hydrogen) atoms. The molecule has 3 aromatic rings. The van der Waals surface area contributed by atoms with Gasteiger partial charge in [0.2, 0.25) is 0 Å². The summed E-state index contributed by atoms with van der Waals surface area (Å²) in [4.78, 5) is 24.6. The Bertz CT molecular complexity index is 987. The van der Waals surface area contributed by atoms with E-state index in [1.807, 2.05) is 57.2 Å². The molecule has 0 unspecified atom stereocenters. The molecule has 1 aromatic heterocycles. The van der Waals surface area contributed by atoms with Crippen molar-refractivity contribution in [3.8, 4) is 5.75 Å². The van der Waals surface area contributed by atoms with E-state index in [1.54, 1.807) is 28.9 Å². The largest absolute Gasteiger partial charge is 0.484 e. The first kappa shape index (κ1) is 20.2. The summed E-state index contributed by atoms with van der Waals surface area (Å²) < 4.78 is 7.28. The molecule has 0 radical (unpaired) electrons. The monoisotopic (exact) mass is 391 g/mol. The van der Waals surface area contributed by atoms with Gasteiger partial charge in [-0.05, 0) is 68.3 Å². The third kappa shape index (κ3) is 5.04. The first-order valence-electron chi connectivity index (χ1n) is 9.55. The van der Waals surface area contributed by atoms with Crippen LogP contribution in [-0.2, 0) is 11.2 Å². The lowest BCUT2D eigenvalue weighted by molar-refractivity contribution is -0.118. The number of nitrogens with one attached hydrogen (secondary N) is 2. The summed E-state index contributed by atoms with van der Waals surface area (Å²) in [5.74, 6) is 0.0768. The number of rotatable bonds is 7. The van der Waals surface area contributed by atoms with Crippen LogP contribution in [0.4, 0.5) is 5.69 Å².